The van der Waals surface area contributed by atoms with Crippen molar-refractivity contribution in [2.75, 3.05) is 27.2 Å². The average Bonchev–Trinajstić information content (AvgIpc) is 4.02. The number of carbonyl (C=O) groups excluding carboxylic acids is 4. The number of H-pyrrole nitrogens is 2. The number of likely N-dealkylation sites (tertiary alicyclic amines) is 2. The Hall–Kier alpha value is -4.88. The van der Waals surface area contributed by atoms with Crippen LogP contribution in [0.3, 0.4) is 0 Å². The second kappa shape index (κ2) is 16.9. The first kappa shape index (κ1) is 37.9. The number of urea groups is 1. The number of amides is 5. The van der Waals surface area contributed by atoms with Gasteiger partial charge in [0.05, 0.1) is 31.1 Å². The van der Waals surface area contributed by atoms with Crippen molar-refractivity contribution in [1.29, 1.82) is 0 Å². The molecular formula is C39H55N9O5. The van der Waals surface area contributed by atoms with Gasteiger partial charge in [0.1, 0.15) is 23.7 Å². The number of hydrogen-bond acceptors (Lipinski definition) is 7. The maximum absolute atomic E-state index is 13.6. The molecule has 0 unspecified atom stereocenters. The predicted octanol–water partition coefficient (Wildman–Crippen LogP) is 5.66. The number of imidazole rings is 2. The maximum Gasteiger partial charge on any atom is 0.407 e. The summed E-state index contributed by atoms with van der Waals surface area (Å²) in [5.74, 6) is 2.23. The molecule has 2 saturated heterocycles. The van der Waals surface area contributed by atoms with Gasteiger partial charge in [-0.1, -0.05) is 45.0 Å². The van der Waals surface area contributed by atoms with Gasteiger partial charge in [-0.05, 0) is 80.8 Å². The van der Waals surface area contributed by atoms with Gasteiger partial charge < -0.3 is 40.5 Å². The number of ether oxygens (including phenoxy) is 1. The molecule has 3 fully saturated rings. The van der Waals surface area contributed by atoms with Crippen molar-refractivity contribution < 1.29 is 23.9 Å². The summed E-state index contributed by atoms with van der Waals surface area (Å²) in [5.41, 5.74) is 4.43. The molecule has 14 heteroatoms. The van der Waals surface area contributed by atoms with Crippen LogP contribution in [0.2, 0.25) is 0 Å². The highest BCUT2D eigenvalue weighted by atomic mass is 16.5. The molecule has 1 saturated carbocycles. The van der Waals surface area contributed by atoms with Crippen molar-refractivity contribution >= 4 is 23.9 Å². The van der Waals surface area contributed by atoms with Crippen LogP contribution < -0.4 is 16.0 Å². The molecule has 14 nitrogen and oxygen atoms in total. The Kier molecular flexibility index (Phi) is 12.0. The molecular weight excluding hydrogens is 674 g/mol. The predicted molar refractivity (Wildman–Crippen MR) is 200 cm³/mol. The van der Waals surface area contributed by atoms with E-state index in [1.165, 1.54) is 12.7 Å². The summed E-state index contributed by atoms with van der Waals surface area (Å²) in [6.45, 7) is 7.03. The first-order chi connectivity index (χ1) is 25.6. The SMILES string of the molecule is CC[C@@H](NC(=O)OC)C(=O)N1CCC[C@H]1c1ncc([C@H]2CC[C@H](c3ccc(-c4cnc([C@@H]5CCCN5C(=O)[C@@H](NC(=O)NC)C(C)C)[nH]4)cc3)CC2)[nH]1. The molecule has 0 spiro atoms. The minimum absolute atomic E-state index is 0.0505. The molecule has 286 valence electrons. The number of nitrogens with zero attached hydrogens (tertiary/aromatic N) is 4. The second-order valence-electron chi connectivity index (χ2n) is 15.0. The zero-order valence-corrected chi connectivity index (χ0v) is 31.6. The summed E-state index contributed by atoms with van der Waals surface area (Å²) >= 11 is 0. The van der Waals surface area contributed by atoms with Gasteiger partial charge in [-0.15, -0.1) is 0 Å². The minimum atomic E-state index is -0.623. The van der Waals surface area contributed by atoms with Gasteiger partial charge in [-0.3, -0.25) is 9.59 Å². The highest BCUT2D eigenvalue weighted by Crippen LogP contribution is 2.41. The number of hydrogen-bond donors (Lipinski definition) is 5. The Morgan fingerprint density at radius 2 is 1.43 bits per heavy atom. The Morgan fingerprint density at radius 1 is 0.830 bits per heavy atom. The summed E-state index contributed by atoms with van der Waals surface area (Å²) in [6.07, 6.45) is 11.4. The number of aromatic amines is 2. The van der Waals surface area contributed by atoms with E-state index in [1.807, 2.05) is 43.0 Å². The van der Waals surface area contributed by atoms with E-state index in [1.54, 1.807) is 7.05 Å². The lowest BCUT2D eigenvalue weighted by Crippen LogP contribution is -2.53. The fourth-order valence-electron chi connectivity index (χ4n) is 8.33. The topological polar surface area (TPSA) is 177 Å². The van der Waals surface area contributed by atoms with Crippen LogP contribution in [-0.2, 0) is 14.3 Å². The van der Waals surface area contributed by atoms with E-state index in [-0.39, 0.29) is 35.8 Å². The van der Waals surface area contributed by atoms with Gasteiger partial charge in [-0.25, -0.2) is 19.6 Å². The minimum Gasteiger partial charge on any atom is -0.453 e. The number of alkyl carbamates (subject to hydrolysis) is 1. The highest BCUT2D eigenvalue weighted by Gasteiger charge is 2.38. The van der Waals surface area contributed by atoms with Gasteiger partial charge in [0.15, 0.2) is 0 Å². The van der Waals surface area contributed by atoms with Crippen molar-refractivity contribution in [1.82, 2.24) is 45.7 Å². The Labute approximate surface area is 311 Å². The van der Waals surface area contributed by atoms with Gasteiger partial charge in [0.25, 0.3) is 0 Å². The molecule has 4 heterocycles. The number of rotatable bonds is 11. The van der Waals surface area contributed by atoms with Crippen LogP contribution in [0.5, 0.6) is 0 Å². The van der Waals surface area contributed by atoms with Crippen LogP contribution in [0.1, 0.15) is 125 Å². The molecule has 5 N–H and O–H groups in total. The fourth-order valence-corrected chi connectivity index (χ4v) is 8.33. The quantitative estimate of drug-likeness (QED) is 0.169. The van der Waals surface area contributed by atoms with Crippen molar-refractivity contribution in [3.63, 3.8) is 0 Å². The van der Waals surface area contributed by atoms with Crippen LogP contribution >= 0.6 is 0 Å². The highest BCUT2D eigenvalue weighted by molar-refractivity contribution is 5.88. The van der Waals surface area contributed by atoms with Crippen LogP contribution in [0, 0.1) is 5.92 Å². The van der Waals surface area contributed by atoms with Crippen molar-refractivity contribution in [2.45, 2.75) is 115 Å². The molecule has 4 atom stereocenters. The van der Waals surface area contributed by atoms with Crippen molar-refractivity contribution in [3.8, 4) is 11.3 Å². The Morgan fingerprint density at radius 3 is 2.04 bits per heavy atom. The molecule has 5 amide bonds. The zero-order valence-electron chi connectivity index (χ0n) is 31.6. The van der Waals surface area contributed by atoms with E-state index >= 15 is 0 Å². The lowest BCUT2D eigenvalue weighted by molar-refractivity contribution is -0.135. The first-order valence-electron chi connectivity index (χ1n) is 19.2. The molecule has 0 radical (unpaired) electrons. The van der Waals surface area contributed by atoms with Crippen LogP contribution in [0.25, 0.3) is 11.3 Å². The maximum atomic E-state index is 13.6. The van der Waals surface area contributed by atoms with Crippen molar-refractivity contribution in [2.24, 2.45) is 5.92 Å². The van der Waals surface area contributed by atoms with Crippen LogP contribution in [0.4, 0.5) is 9.59 Å². The molecule has 1 aromatic carbocycles. The molecule has 2 aliphatic heterocycles. The average molecular weight is 730 g/mol. The van der Waals surface area contributed by atoms with Gasteiger partial charge in [0.2, 0.25) is 11.8 Å². The fraction of sp³-hybridized carbons (Fsp3) is 0.590. The summed E-state index contributed by atoms with van der Waals surface area (Å²) in [6, 6.07) is 6.87. The van der Waals surface area contributed by atoms with Crippen molar-refractivity contribution in [3.05, 3.63) is 59.6 Å². The smallest absolute Gasteiger partial charge is 0.407 e. The van der Waals surface area contributed by atoms with Gasteiger partial charge >= 0.3 is 12.1 Å². The summed E-state index contributed by atoms with van der Waals surface area (Å²) in [5, 5.41) is 8.03. The van der Waals surface area contributed by atoms with Gasteiger partial charge in [0, 0.05) is 37.9 Å². The van der Waals surface area contributed by atoms with Crippen LogP contribution in [0.15, 0.2) is 36.7 Å². The third-order valence-corrected chi connectivity index (χ3v) is 11.4. The summed E-state index contributed by atoms with van der Waals surface area (Å²) in [4.78, 5) is 71.0. The lowest BCUT2D eigenvalue weighted by Gasteiger charge is -2.30. The lowest BCUT2D eigenvalue weighted by atomic mass is 9.77. The molecule has 3 aromatic rings. The number of carbonyl (C=O) groups is 4. The van der Waals surface area contributed by atoms with Crippen LogP contribution in [-0.4, -0.2) is 93.0 Å². The molecule has 3 aliphatic rings. The molecule has 2 aromatic heterocycles. The Balaban J connectivity index is 1.04. The summed E-state index contributed by atoms with van der Waals surface area (Å²) < 4.78 is 4.72. The Bertz CT molecular complexity index is 1730. The van der Waals surface area contributed by atoms with E-state index in [0.29, 0.717) is 31.3 Å². The second-order valence-corrected chi connectivity index (χ2v) is 15.0. The zero-order chi connectivity index (χ0) is 37.6. The molecule has 0 bridgehead atoms. The number of nitrogens with one attached hydrogen (secondary N) is 5. The monoisotopic (exact) mass is 729 g/mol. The number of aromatic nitrogens is 4. The molecule has 1 aliphatic carbocycles. The molecule has 53 heavy (non-hydrogen) atoms. The largest absolute Gasteiger partial charge is 0.453 e. The standard InChI is InChI=1S/C39H55N9O5/c1-6-28(45-39(52)53-5)36(49)47-19-7-9-31(47)34-41-21-29(43-34)26-15-11-24(12-16-26)25-13-17-27(18-14-25)30-22-42-35(44-30)32-10-8-20-48(32)37(50)33(23(2)3)46-38(51)40-4/h13-14,17-18,21-24,26,28,31-33H,6-12,15-16,19-20H2,1-5H3,(H,41,43)(H,42,44)(H,45,52)(H2,40,46,51)/t24-,26-,28-,31+,32+,33+/m1/s1. The van der Waals surface area contributed by atoms with E-state index in [2.05, 4.69) is 50.2 Å². The van der Waals surface area contributed by atoms with E-state index in [4.69, 9.17) is 14.7 Å². The number of benzene rings is 1. The molecule has 6 rings (SSSR count). The normalized spacial score (nSPS) is 22.8. The first-order valence-corrected chi connectivity index (χ1v) is 19.2. The van der Waals surface area contributed by atoms with E-state index in [9.17, 15) is 19.2 Å². The number of methoxy groups -OCH3 is 1. The third kappa shape index (κ3) is 8.36. The van der Waals surface area contributed by atoms with E-state index < -0.39 is 18.2 Å². The van der Waals surface area contributed by atoms with E-state index in [0.717, 1.165) is 80.0 Å². The third-order valence-electron chi connectivity index (χ3n) is 11.4. The van der Waals surface area contributed by atoms with Gasteiger partial charge in [-0.2, -0.15) is 0 Å². The summed E-state index contributed by atoms with van der Waals surface area (Å²) in [7, 11) is 2.85.